The molecule has 1 aromatic carbocycles. The third-order valence-corrected chi connectivity index (χ3v) is 4.04. The van der Waals surface area contributed by atoms with Crippen LogP contribution >= 0.6 is 0 Å². The number of nitrogens with zero attached hydrogens (tertiary/aromatic N) is 1. The third kappa shape index (κ3) is 5.19. The molecular formula is C17H22FNO5. The molecule has 1 fully saturated rings. The SMILES string of the molecule is COC1CC(CC(=O)O)N(C(=O)CCCOc2cccc(F)c2)C1. The quantitative estimate of drug-likeness (QED) is 0.734. The summed E-state index contributed by atoms with van der Waals surface area (Å²) in [4.78, 5) is 24.8. The van der Waals surface area contributed by atoms with Gasteiger partial charge >= 0.3 is 5.97 Å². The Kier molecular flexibility index (Phi) is 6.54. The second-order valence-corrected chi connectivity index (χ2v) is 5.80. The number of aliphatic carboxylic acids is 1. The molecule has 1 aliphatic heterocycles. The number of hydrogen-bond donors (Lipinski definition) is 1. The highest BCUT2D eigenvalue weighted by molar-refractivity contribution is 5.78. The van der Waals surface area contributed by atoms with Gasteiger partial charge in [0.05, 0.1) is 19.1 Å². The summed E-state index contributed by atoms with van der Waals surface area (Å²) in [7, 11) is 1.56. The van der Waals surface area contributed by atoms with E-state index in [-0.39, 0.29) is 36.7 Å². The van der Waals surface area contributed by atoms with Crippen molar-refractivity contribution < 1.29 is 28.6 Å². The molecule has 0 bridgehead atoms. The van der Waals surface area contributed by atoms with Crippen LogP contribution in [-0.2, 0) is 14.3 Å². The number of rotatable bonds is 8. The fourth-order valence-electron chi connectivity index (χ4n) is 2.86. The van der Waals surface area contributed by atoms with Crippen molar-refractivity contribution in [2.45, 2.75) is 37.8 Å². The molecule has 1 aromatic rings. The molecule has 6 nitrogen and oxygen atoms in total. The lowest BCUT2D eigenvalue weighted by molar-refractivity contribution is -0.140. The molecule has 2 atom stereocenters. The second-order valence-electron chi connectivity index (χ2n) is 5.80. The first-order valence-electron chi connectivity index (χ1n) is 7.92. The van der Waals surface area contributed by atoms with E-state index in [4.69, 9.17) is 14.6 Å². The Bertz CT molecular complexity index is 580. The first kappa shape index (κ1) is 18.2. The van der Waals surface area contributed by atoms with Crippen LogP contribution in [0.2, 0.25) is 0 Å². The summed E-state index contributed by atoms with van der Waals surface area (Å²) in [6.45, 7) is 0.707. The number of methoxy groups -OCH3 is 1. The molecule has 0 aliphatic carbocycles. The topological polar surface area (TPSA) is 76.1 Å². The van der Waals surface area contributed by atoms with Gasteiger partial charge in [0.25, 0.3) is 0 Å². The zero-order valence-electron chi connectivity index (χ0n) is 13.6. The Morgan fingerprint density at radius 3 is 2.88 bits per heavy atom. The van der Waals surface area contributed by atoms with Crippen molar-refractivity contribution in [2.24, 2.45) is 0 Å². The number of carboxylic acids is 1. The number of benzene rings is 1. The maximum absolute atomic E-state index is 13.0. The van der Waals surface area contributed by atoms with E-state index >= 15 is 0 Å². The Morgan fingerprint density at radius 2 is 2.21 bits per heavy atom. The van der Waals surface area contributed by atoms with Crippen LogP contribution < -0.4 is 4.74 Å². The van der Waals surface area contributed by atoms with Gasteiger partial charge in [-0.05, 0) is 25.0 Å². The molecule has 2 unspecified atom stereocenters. The van der Waals surface area contributed by atoms with Crippen LogP contribution in [0.5, 0.6) is 5.75 Å². The minimum atomic E-state index is -0.927. The van der Waals surface area contributed by atoms with Gasteiger partial charge in [-0.3, -0.25) is 9.59 Å². The van der Waals surface area contributed by atoms with E-state index in [1.54, 1.807) is 24.1 Å². The number of carbonyl (C=O) groups is 2. The monoisotopic (exact) mass is 339 g/mol. The molecule has 1 amide bonds. The van der Waals surface area contributed by atoms with Gasteiger partial charge in [0.1, 0.15) is 11.6 Å². The Balaban J connectivity index is 1.79. The summed E-state index contributed by atoms with van der Waals surface area (Å²) in [5.74, 6) is -0.984. The number of carboxylic acid groups (broad SMARTS) is 1. The van der Waals surface area contributed by atoms with Gasteiger partial charge in [-0.15, -0.1) is 0 Å². The molecule has 1 heterocycles. The maximum atomic E-state index is 13.0. The average molecular weight is 339 g/mol. The standard InChI is InChI=1S/C17H22FNO5/c1-23-15-9-13(10-17(21)22)19(11-15)16(20)6-3-7-24-14-5-2-4-12(18)8-14/h2,4-5,8,13,15H,3,6-7,9-11H2,1H3,(H,21,22). The van der Waals surface area contributed by atoms with Crippen LogP contribution in [-0.4, -0.2) is 54.3 Å². The van der Waals surface area contributed by atoms with Crippen LogP contribution in [0, 0.1) is 5.82 Å². The zero-order chi connectivity index (χ0) is 17.5. The minimum absolute atomic E-state index is 0.0780. The lowest BCUT2D eigenvalue weighted by Gasteiger charge is -2.23. The minimum Gasteiger partial charge on any atom is -0.493 e. The highest BCUT2D eigenvalue weighted by Gasteiger charge is 2.36. The van der Waals surface area contributed by atoms with Crippen molar-refractivity contribution >= 4 is 11.9 Å². The Morgan fingerprint density at radius 1 is 1.42 bits per heavy atom. The molecule has 1 saturated heterocycles. The molecule has 0 spiro atoms. The number of hydrogen-bond acceptors (Lipinski definition) is 4. The van der Waals surface area contributed by atoms with Crippen LogP contribution in [0.1, 0.15) is 25.7 Å². The molecule has 132 valence electrons. The molecule has 0 aromatic heterocycles. The average Bonchev–Trinajstić information content (AvgIpc) is 2.94. The fraction of sp³-hybridized carbons (Fsp3) is 0.529. The smallest absolute Gasteiger partial charge is 0.305 e. The highest BCUT2D eigenvalue weighted by atomic mass is 19.1. The van der Waals surface area contributed by atoms with Crippen LogP contribution in [0.15, 0.2) is 24.3 Å². The normalized spacial score (nSPS) is 20.2. The lowest BCUT2D eigenvalue weighted by Crippen LogP contribution is -2.37. The van der Waals surface area contributed by atoms with Crippen LogP contribution in [0.4, 0.5) is 4.39 Å². The number of ether oxygens (including phenoxy) is 2. The molecule has 1 N–H and O–H groups in total. The number of amides is 1. The summed E-state index contributed by atoms with van der Waals surface area (Å²) < 4.78 is 23.7. The van der Waals surface area contributed by atoms with Gasteiger partial charge in [0.2, 0.25) is 5.91 Å². The van der Waals surface area contributed by atoms with Gasteiger partial charge in [-0.25, -0.2) is 4.39 Å². The van der Waals surface area contributed by atoms with E-state index in [1.165, 1.54) is 12.1 Å². The van der Waals surface area contributed by atoms with E-state index in [0.717, 1.165) is 0 Å². The van der Waals surface area contributed by atoms with Crippen molar-refractivity contribution in [1.29, 1.82) is 0 Å². The molecule has 0 saturated carbocycles. The largest absolute Gasteiger partial charge is 0.493 e. The van der Waals surface area contributed by atoms with Crippen molar-refractivity contribution in [3.05, 3.63) is 30.1 Å². The predicted molar refractivity (Wildman–Crippen MR) is 84.3 cm³/mol. The summed E-state index contributed by atoms with van der Waals surface area (Å²) in [5, 5.41) is 8.97. The number of carbonyl (C=O) groups excluding carboxylic acids is 1. The predicted octanol–water partition coefficient (Wildman–Crippen LogP) is 2.08. The zero-order valence-corrected chi connectivity index (χ0v) is 13.6. The van der Waals surface area contributed by atoms with E-state index < -0.39 is 5.97 Å². The Hall–Kier alpha value is -2.15. The molecule has 7 heteroatoms. The molecule has 24 heavy (non-hydrogen) atoms. The van der Waals surface area contributed by atoms with Crippen molar-refractivity contribution in [3.8, 4) is 5.75 Å². The van der Waals surface area contributed by atoms with Gasteiger partial charge in [0.15, 0.2) is 0 Å². The third-order valence-electron chi connectivity index (χ3n) is 4.04. The van der Waals surface area contributed by atoms with Crippen molar-refractivity contribution in [1.82, 2.24) is 4.90 Å². The van der Waals surface area contributed by atoms with Crippen molar-refractivity contribution in [3.63, 3.8) is 0 Å². The lowest BCUT2D eigenvalue weighted by atomic mass is 10.1. The first-order valence-corrected chi connectivity index (χ1v) is 7.92. The summed E-state index contributed by atoms with van der Waals surface area (Å²) >= 11 is 0. The Labute approximate surface area is 140 Å². The van der Waals surface area contributed by atoms with Crippen LogP contribution in [0.25, 0.3) is 0 Å². The molecular weight excluding hydrogens is 317 g/mol. The van der Waals surface area contributed by atoms with Gasteiger partial charge < -0.3 is 19.5 Å². The molecule has 1 aliphatic rings. The van der Waals surface area contributed by atoms with Crippen LogP contribution in [0.3, 0.4) is 0 Å². The van der Waals surface area contributed by atoms with E-state index in [1.807, 2.05) is 0 Å². The number of likely N-dealkylation sites (tertiary alicyclic amines) is 1. The van der Waals surface area contributed by atoms with Gasteiger partial charge in [-0.2, -0.15) is 0 Å². The molecule has 2 rings (SSSR count). The maximum Gasteiger partial charge on any atom is 0.305 e. The number of halogens is 1. The van der Waals surface area contributed by atoms with E-state index in [9.17, 15) is 14.0 Å². The molecule has 0 radical (unpaired) electrons. The van der Waals surface area contributed by atoms with E-state index in [0.29, 0.717) is 31.7 Å². The second kappa shape index (κ2) is 8.63. The van der Waals surface area contributed by atoms with E-state index in [2.05, 4.69) is 0 Å². The summed E-state index contributed by atoms with van der Waals surface area (Å²) in [6, 6.07) is 5.50. The first-order chi connectivity index (χ1) is 11.5. The van der Waals surface area contributed by atoms with Gasteiger partial charge in [-0.1, -0.05) is 6.07 Å². The van der Waals surface area contributed by atoms with Crippen molar-refractivity contribution in [2.75, 3.05) is 20.3 Å². The summed E-state index contributed by atoms with van der Waals surface area (Å²) in [6.07, 6.45) is 1.06. The summed E-state index contributed by atoms with van der Waals surface area (Å²) in [5.41, 5.74) is 0. The van der Waals surface area contributed by atoms with Gasteiger partial charge in [0, 0.05) is 32.2 Å². The fourth-order valence-corrected chi connectivity index (χ4v) is 2.86. The highest BCUT2D eigenvalue weighted by Crippen LogP contribution is 2.24.